The highest BCUT2D eigenvalue weighted by Crippen LogP contribution is 2.27. The molecule has 4 aromatic rings. The van der Waals surface area contributed by atoms with Crippen molar-refractivity contribution in [2.24, 2.45) is 0 Å². The highest BCUT2D eigenvalue weighted by Gasteiger charge is 2.13. The van der Waals surface area contributed by atoms with Crippen LogP contribution in [-0.4, -0.2) is 22.3 Å². The zero-order valence-electron chi connectivity index (χ0n) is 12.8. The third-order valence-corrected chi connectivity index (χ3v) is 3.77. The van der Waals surface area contributed by atoms with Crippen molar-refractivity contribution in [2.45, 2.75) is 6.92 Å². The Bertz CT molecular complexity index is 968. The zero-order chi connectivity index (χ0) is 15.8. The number of hydrogen-bond acceptors (Lipinski definition) is 4. The Hall–Kier alpha value is -3.08. The van der Waals surface area contributed by atoms with Gasteiger partial charge >= 0.3 is 0 Å². The van der Waals surface area contributed by atoms with Gasteiger partial charge in [0.2, 0.25) is 5.89 Å². The molecule has 0 spiro atoms. The number of benzene rings is 2. The number of hydrogen-bond donors (Lipinski definition) is 1. The zero-order valence-corrected chi connectivity index (χ0v) is 12.8. The van der Waals surface area contributed by atoms with Crippen LogP contribution >= 0.6 is 0 Å². The Labute approximate surface area is 132 Å². The molecule has 23 heavy (non-hydrogen) atoms. The minimum atomic E-state index is 0.477. The summed E-state index contributed by atoms with van der Waals surface area (Å²) in [6.07, 6.45) is 0. The molecule has 0 saturated carbocycles. The number of H-pyrrole nitrogens is 1. The number of aryl methyl sites for hydroxylation is 1. The van der Waals surface area contributed by atoms with Crippen molar-refractivity contribution in [1.82, 2.24) is 15.2 Å². The average Bonchev–Trinajstić information content (AvgIpc) is 3.21. The van der Waals surface area contributed by atoms with Gasteiger partial charge in [-0.3, -0.25) is 0 Å². The van der Waals surface area contributed by atoms with Crippen LogP contribution in [0, 0.1) is 6.92 Å². The van der Waals surface area contributed by atoms with Gasteiger partial charge in [-0.2, -0.15) is 0 Å². The molecule has 0 aliphatic heterocycles. The van der Waals surface area contributed by atoms with E-state index >= 15 is 0 Å². The first-order valence-corrected chi connectivity index (χ1v) is 7.30. The molecule has 1 N–H and O–H groups in total. The maximum atomic E-state index is 5.79. The van der Waals surface area contributed by atoms with Gasteiger partial charge in [0.15, 0.2) is 0 Å². The first-order valence-electron chi connectivity index (χ1n) is 7.30. The smallest absolute Gasteiger partial charge is 0.264 e. The first-order chi connectivity index (χ1) is 11.2. The molecular weight excluding hydrogens is 290 g/mol. The Morgan fingerprint density at radius 2 is 1.74 bits per heavy atom. The molecule has 114 valence electrons. The molecular formula is C18H15N3O2. The van der Waals surface area contributed by atoms with E-state index in [1.54, 1.807) is 7.11 Å². The van der Waals surface area contributed by atoms with Crippen molar-refractivity contribution < 1.29 is 9.15 Å². The van der Waals surface area contributed by atoms with Crippen molar-refractivity contribution in [2.75, 3.05) is 7.11 Å². The van der Waals surface area contributed by atoms with Crippen molar-refractivity contribution in [3.05, 3.63) is 54.1 Å². The molecule has 0 unspecified atom stereocenters. The fourth-order valence-corrected chi connectivity index (χ4v) is 2.55. The van der Waals surface area contributed by atoms with Gasteiger partial charge in [0, 0.05) is 16.5 Å². The van der Waals surface area contributed by atoms with Gasteiger partial charge in [-0.15, -0.1) is 10.2 Å². The highest BCUT2D eigenvalue weighted by molar-refractivity contribution is 5.85. The van der Waals surface area contributed by atoms with Crippen LogP contribution in [0.4, 0.5) is 0 Å². The molecule has 5 nitrogen and oxygen atoms in total. The van der Waals surface area contributed by atoms with Gasteiger partial charge in [0.1, 0.15) is 11.4 Å². The van der Waals surface area contributed by atoms with Gasteiger partial charge in [0.05, 0.1) is 7.11 Å². The maximum Gasteiger partial charge on any atom is 0.264 e. The van der Waals surface area contributed by atoms with Crippen molar-refractivity contribution in [3.63, 3.8) is 0 Å². The second kappa shape index (κ2) is 5.28. The lowest BCUT2D eigenvalue weighted by Crippen LogP contribution is -1.82. The number of nitrogens with one attached hydrogen (secondary N) is 1. The first kappa shape index (κ1) is 13.6. The van der Waals surface area contributed by atoms with Crippen molar-refractivity contribution >= 4 is 10.9 Å². The topological polar surface area (TPSA) is 63.9 Å². The molecule has 2 aromatic heterocycles. The fraction of sp³-hybridized carbons (Fsp3) is 0.111. The van der Waals surface area contributed by atoms with Gasteiger partial charge in [-0.25, -0.2) is 0 Å². The number of nitrogens with zero attached hydrogens (tertiary/aromatic N) is 2. The molecule has 0 fully saturated rings. The molecule has 2 aromatic carbocycles. The van der Waals surface area contributed by atoms with E-state index in [0.717, 1.165) is 27.9 Å². The number of rotatable bonds is 3. The Balaban J connectivity index is 1.70. The van der Waals surface area contributed by atoms with Gasteiger partial charge in [-0.1, -0.05) is 11.6 Å². The number of methoxy groups -OCH3 is 1. The van der Waals surface area contributed by atoms with Crippen LogP contribution in [0.15, 0.2) is 52.9 Å². The molecule has 5 heteroatoms. The number of aromatic amines is 1. The van der Waals surface area contributed by atoms with Gasteiger partial charge < -0.3 is 14.1 Å². The summed E-state index contributed by atoms with van der Waals surface area (Å²) in [5.41, 5.74) is 3.94. The second-order valence-corrected chi connectivity index (χ2v) is 5.41. The molecule has 0 radical (unpaired) electrons. The van der Waals surface area contributed by atoms with E-state index in [4.69, 9.17) is 9.15 Å². The lowest BCUT2D eigenvalue weighted by Gasteiger charge is -1.99. The van der Waals surface area contributed by atoms with Crippen LogP contribution in [0.5, 0.6) is 5.75 Å². The predicted molar refractivity (Wildman–Crippen MR) is 88.3 cm³/mol. The summed E-state index contributed by atoms with van der Waals surface area (Å²) >= 11 is 0. The van der Waals surface area contributed by atoms with Gasteiger partial charge in [-0.05, 0) is 49.4 Å². The molecule has 0 saturated heterocycles. The normalized spacial score (nSPS) is 11.0. The SMILES string of the molecule is COc1ccc(-c2nnc(-c3cc4cc(C)ccc4[nH]3)o2)cc1. The lowest BCUT2D eigenvalue weighted by atomic mass is 10.2. The molecule has 0 bridgehead atoms. The summed E-state index contributed by atoms with van der Waals surface area (Å²) in [6.45, 7) is 2.07. The molecule has 0 amide bonds. The molecule has 4 rings (SSSR count). The summed E-state index contributed by atoms with van der Waals surface area (Å²) < 4.78 is 10.9. The summed E-state index contributed by atoms with van der Waals surface area (Å²) in [6, 6.07) is 15.8. The Morgan fingerprint density at radius 1 is 0.957 bits per heavy atom. The van der Waals surface area contributed by atoms with E-state index in [0.29, 0.717) is 11.8 Å². The highest BCUT2D eigenvalue weighted by atomic mass is 16.5. The van der Waals surface area contributed by atoms with E-state index in [1.807, 2.05) is 30.3 Å². The summed E-state index contributed by atoms with van der Waals surface area (Å²) in [7, 11) is 1.64. The Morgan fingerprint density at radius 3 is 2.52 bits per heavy atom. The lowest BCUT2D eigenvalue weighted by molar-refractivity contribution is 0.415. The third kappa shape index (κ3) is 2.46. The van der Waals surface area contributed by atoms with E-state index < -0.39 is 0 Å². The standard InChI is InChI=1S/C18H15N3O2/c1-11-3-8-15-13(9-11)10-16(19-15)18-21-20-17(23-18)12-4-6-14(22-2)7-5-12/h3-10,19H,1-2H3. The quantitative estimate of drug-likeness (QED) is 0.616. The average molecular weight is 305 g/mol. The van der Waals surface area contributed by atoms with Crippen molar-refractivity contribution in [1.29, 1.82) is 0 Å². The molecule has 2 heterocycles. The Kier molecular flexibility index (Phi) is 3.12. The summed E-state index contributed by atoms with van der Waals surface area (Å²) in [4.78, 5) is 3.31. The minimum absolute atomic E-state index is 0.477. The monoisotopic (exact) mass is 305 g/mol. The second-order valence-electron chi connectivity index (χ2n) is 5.41. The van der Waals surface area contributed by atoms with Crippen LogP contribution in [0.3, 0.4) is 0 Å². The third-order valence-electron chi connectivity index (χ3n) is 3.77. The number of aromatic nitrogens is 3. The summed E-state index contributed by atoms with van der Waals surface area (Å²) in [5, 5.41) is 9.40. The largest absolute Gasteiger partial charge is 0.497 e. The minimum Gasteiger partial charge on any atom is -0.497 e. The van der Waals surface area contributed by atoms with Crippen LogP contribution < -0.4 is 4.74 Å². The van der Waals surface area contributed by atoms with Crippen LogP contribution in [0.2, 0.25) is 0 Å². The van der Waals surface area contributed by atoms with Crippen molar-refractivity contribution in [3.8, 4) is 28.8 Å². The van der Waals surface area contributed by atoms with E-state index in [2.05, 4.69) is 40.3 Å². The molecule has 0 atom stereocenters. The fourth-order valence-electron chi connectivity index (χ4n) is 2.55. The molecule has 0 aliphatic rings. The summed E-state index contributed by atoms with van der Waals surface area (Å²) in [5.74, 6) is 1.75. The molecule has 0 aliphatic carbocycles. The number of ether oxygens (including phenoxy) is 1. The van der Waals surface area contributed by atoms with Gasteiger partial charge in [0.25, 0.3) is 5.89 Å². The van der Waals surface area contributed by atoms with Crippen LogP contribution in [0.1, 0.15) is 5.56 Å². The van der Waals surface area contributed by atoms with E-state index in [1.165, 1.54) is 5.56 Å². The predicted octanol–water partition coefficient (Wildman–Crippen LogP) is 4.20. The van der Waals surface area contributed by atoms with E-state index in [9.17, 15) is 0 Å². The van der Waals surface area contributed by atoms with E-state index in [-0.39, 0.29) is 0 Å². The van der Waals surface area contributed by atoms with Crippen LogP contribution in [0.25, 0.3) is 33.9 Å². The maximum absolute atomic E-state index is 5.79. The number of fused-ring (bicyclic) bond motifs is 1. The van der Waals surface area contributed by atoms with Crippen LogP contribution in [-0.2, 0) is 0 Å².